The van der Waals surface area contributed by atoms with Gasteiger partial charge in [-0.1, -0.05) is 6.92 Å². The summed E-state index contributed by atoms with van der Waals surface area (Å²) in [5, 5.41) is 13.3. The van der Waals surface area contributed by atoms with Gasteiger partial charge < -0.3 is 15.7 Å². The zero-order chi connectivity index (χ0) is 14.6. The largest absolute Gasteiger partial charge is 0.480 e. The molecule has 0 aromatic heterocycles. The number of carbonyl (C=O) groups excluding carboxylic acids is 1. The fourth-order valence-electron chi connectivity index (χ4n) is 1.29. The standard InChI is InChI=1S/C12H14F2N2O3/c1-3-12(2,10(17)18)16-11(19)15-9-5-4-7(13)6-8(9)14/h4-6H,3H2,1-2H3,(H,17,18)(H2,15,16,19). The Morgan fingerprint density at radius 3 is 2.47 bits per heavy atom. The third kappa shape index (κ3) is 3.64. The minimum absolute atomic E-state index is 0.154. The summed E-state index contributed by atoms with van der Waals surface area (Å²) in [5.41, 5.74) is -1.69. The van der Waals surface area contributed by atoms with Crippen LogP contribution in [0.1, 0.15) is 20.3 Å². The number of carboxylic acids is 1. The number of nitrogens with one attached hydrogen (secondary N) is 2. The molecule has 7 heteroatoms. The maximum Gasteiger partial charge on any atom is 0.329 e. The van der Waals surface area contributed by atoms with Crippen molar-refractivity contribution in [1.82, 2.24) is 5.32 Å². The van der Waals surface area contributed by atoms with Gasteiger partial charge in [0, 0.05) is 6.07 Å². The molecular weight excluding hydrogens is 258 g/mol. The fraction of sp³-hybridized carbons (Fsp3) is 0.333. The molecule has 1 aromatic rings. The summed E-state index contributed by atoms with van der Waals surface area (Å²) in [4.78, 5) is 22.6. The fourth-order valence-corrected chi connectivity index (χ4v) is 1.29. The molecule has 5 nitrogen and oxygen atoms in total. The van der Waals surface area contributed by atoms with Crippen molar-refractivity contribution < 1.29 is 23.5 Å². The molecule has 0 saturated carbocycles. The monoisotopic (exact) mass is 272 g/mol. The van der Waals surface area contributed by atoms with Crippen LogP contribution in [-0.4, -0.2) is 22.6 Å². The van der Waals surface area contributed by atoms with Crippen LogP contribution in [0.15, 0.2) is 18.2 Å². The minimum atomic E-state index is -1.46. The summed E-state index contributed by atoms with van der Waals surface area (Å²) in [5.74, 6) is -2.92. The van der Waals surface area contributed by atoms with Crippen molar-refractivity contribution in [2.45, 2.75) is 25.8 Å². The lowest BCUT2D eigenvalue weighted by atomic mass is 10.00. The maximum atomic E-state index is 13.3. The van der Waals surface area contributed by atoms with E-state index in [1.54, 1.807) is 6.92 Å². The number of amides is 2. The SMILES string of the molecule is CCC(C)(NC(=O)Nc1ccc(F)cc1F)C(=O)O. The van der Waals surface area contributed by atoms with E-state index in [1.165, 1.54) is 6.92 Å². The Hall–Kier alpha value is -2.18. The van der Waals surface area contributed by atoms with Gasteiger partial charge >= 0.3 is 12.0 Å². The van der Waals surface area contributed by atoms with E-state index in [9.17, 15) is 18.4 Å². The van der Waals surface area contributed by atoms with E-state index >= 15 is 0 Å². The third-order valence-electron chi connectivity index (χ3n) is 2.75. The van der Waals surface area contributed by atoms with Gasteiger partial charge in [-0.25, -0.2) is 18.4 Å². The summed E-state index contributed by atoms with van der Waals surface area (Å²) >= 11 is 0. The number of hydrogen-bond donors (Lipinski definition) is 3. The lowest BCUT2D eigenvalue weighted by Gasteiger charge is -2.24. The van der Waals surface area contributed by atoms with E-state index in [4.69, 9.17) is 5.11 Å². The van der Waals surface area contributed by atoms with Crippen LogP contribution in [-0.2, 0) is 4.79 Å². The highest BCUT2D eigenvalue weighted by Crippen LogP contribution is 2.15. The van der Waals surface area contributed by atoms with Crippen LogP contribution in [0.4, 0.5) is 19.3 Å². The molecule has 0 aliphatic carbocycles. The van der Waals surface area contributed by atoms with Crippen molar-refractivity contribution >= 4 is 17.7 Å². The quantitative estimate of drug-likeness (QED) is 0.787. The first-order chi connectivity index (χ1) is 8.78. The molecule has 104 valence electrons. The van der Waals surface area contributed by atoms with Crippen molar-refractivity contribution in [2.24, 2.45) is 0 Å². The summed E-state index contributed by atoms with van der Waals surface area (Å²) in [6, 6.07) is 1.77. The van der Waals surface area contributed by atoms with Gasteiger partial charge in [0.25, 0.3) is 0 Å². The lowest BCUT2D eigenvalue weighted by molar-refractivity contribution is -0.143. The number of carboxylic acid groups (broad SMARTS) is 1. The lowest BCUT2D eigenvalue weighted by Crippen LogP contribution is -2.53. The molecule has 0 aliphatic heterocycles. The first kappa shape index (κ1) is 14.9. The van der Waals surface area contributed by atoms with Crippen molar-refractivity contribution in [2.75, 3.05) is 5.32 Å². The van der Waals surface area contributed by atoms with Crippen LogP contribution in [0.25, 0.3) is 0 Å². The Kier molecular flexibility index (Phi) is 4.42. The van der Waals surface area contributed by atoms with Gasteiger partial charge in [0.15, 0.2) is 0 Å². The molecule has 1 atom stereocenters. The Balaban J connectivity index is 2.78. The smallest absolute Gasteiger partial charge is 0.329 e. The summed E-state index contributed by atoms with van der Waals surface area (Å²) < 4.78 is 26.0. The number of rotatable bonds is 4. The highest BCUT2D eigenvalue weighted by molar-refractivity contribution is 5.93. The number of urea groups is 1. The molecule has 0 heterocycles. The summed E-state index contributed by atoms with van der Waals surface area (Å²) in [7, 11) is 0. The first-order valence-electron chi connectivity index (χ1n) is 5.56. The van der Waals surface area contributed by atoms with Crippen LogP contribution < -0.4 is 10.6 Å². The second-order valence-corrected chi connectivity index (χ2v) is 4.19. The number of anilines is 1. The molecule has 19 heavy (non-hydrogen) atoms. The van der Waals surface area contributed by atoms with Crippen LogP contribution in [0.2, 0.25) is 0 Å². The summed E-state index contributed by atoms with van der Waals surface area (Å²) in [6.07, 6.45) is 0.154. The number of benzene rings is 1. The van der Waals surface area contributed by atoms with Crippen LogP contribution >= 0.6 is 0 Å². The van der Waals surface area contributed by atoms with Gasteiger partial charge in [-0.3, -0.25) is 0 Å². The van der Waals surface area contributed by atoms with Crippen molar-refractivity contribution in [3.8, 4) is 0 Å². The molecular formula is C12H14F2N2O3. The highest BCUT2D eigenvalue weighted by atomic mass is 19.1. The van der Waals surface area contributed by atoms with Gasteiger partial charge in [-0.2, -0.15) is 0 Å². The minimum Gasteiger partial charge on any atom is -0.480 e. The number of halogens is 2. The second kappa shape index (κ2) is 5.64. The molecule has 2 amide bonds. The van der Waals surface area contributed by atoms with E-state index in [0.717, 1.165) is 12.1 Å². The topological polar surface area (TPSA) is 78.4 Å². The van der Waals surface area contributed by atoms with Gasteiger partial charge in [0.05, 0.1) is 5.69 Å². The predicted molar refractivity (Wildman–Crippen MR) is 64.8 cm³/mol. The molecule has 0 saturated heterocycles. The highest BCUT2D eigenvalue weighted by Gasteiger charge is 2.32. The second-order valence-electron chi connectivity index (χ2n) is 4.19. The maximum absolute atomic E-state index is 13.3. The molecule has 1 unspecified atom stereocenters. The Bertz CT molecular complexity index is 508. The molecule has 0 fully saturated rings. The molecule has 0 bridgehead atoms. The van der Waals surface area contributed by atoms with E-state index in [-0.39, 0.29) is 12.1 Å². The van der Waals surface area contributed by atoms with Gasteiger partial charge in [0.2, 0.25) is 0 Å². The normalized spacial score (nSPS) is 13.5. The van der Waals surface area contributed by atoms with Crippen LogP contribution in [0.5, 0.6) is 0 Å². The molecule has 0 radical (unpaired) electrons. The molecule has 0 aliphatic rings. The van der Waals surface area contributed by atoms with E-state index < -0.39 is 29.2 Å². The number of aliphatic carboxylic acids is 1. The van der Waals surface area contributed by atoms with Gasteiger partial charge in [-0.15, -0.1) is 0 Å². The van der Waals surface area contributed by atoms with Crippen molar-refractivity contribution in [3.63, 3.8) is 0 Å². The zero-order valence-electron chi connectivity index (χ0n) is 10.5. The van der Waals surface area contributed by atoms with E-state index in [0.29, 0.717) is 6.07 Å². The van der Waals surface area contributed by atoms with Crippen LogP contribution in [0.3, 0.4) is 0 Å². The predicted octanol–water partition coefficient (Wildman–Crippen LogP) is 2.34. The molecule has 1 rings (SSSR count). The zero-order valence-corrected chi connectivity index (χ0v) is 10.5. The van der Waals surface area contributed by atoms with Gasteiger partial charge in [0.1, 0.15) is 17.2 Å². The first-order valence-corrected chi connectivity index (χ1v) is 5.56. The molecule has 1 aromatic carbocycles. The van der Waals surface area contributed by atoms with Crippen molar-refractivity contribution in [3.05, 3.63) is 29.8 Å². The Labute approximate surface area is 108 Å². The van der Waals surface area contributed by atoms with E-state index in [2.05, 4.69) is 10.6 Å². The Morgan fingerprint density at radius 2 is 2.00 bits per heavy atom. The van der Waals surface area contributed by atoms with Crippen LogP contribution in [0, 0.1) is 11.6 Å². The molecule has 3 N–H and O–H groups in total. The average molecular weight is 272 g/mol. The van der Waals surface area contributed by atoms with Gasteiger partial charge in [-0.05, 0) is 25.5 Å². The summed E-state index contributed by atoms with van der Waals surface area (Å²) in [6.45, 7) is 2.92. The van der Waals surface area contributed by atoms with Crippen molar-refractivity contribution in [1.29, 1.82) is 0 Å². The number of hydrogen-bond acceptors (Lipinski definition) is 2. The average Bonchev–Trinajstić information content (AvgIpc) is 2.32. The Morgan fingerprint density at radius 1 is 1.37 bits per heavy atom. The third-order valence-corrected chi connectivity index (χ3v) is 2.75. The molecule has 0 spiro atoms. The van der Waals surface area contributed by atoms with E-state index in [1.807, 2.05) is 0 Å². The number of carbonyl (C=O) groups is 2.